The second kappa shape index (κ2) is 4.44. The lowest BCUT2D eigenvalue weighted by Crippen LogP contribution is -2.36. The second-order valence-electron chi connectivity index (χ2n) is 4.17. The average Bonchev–Trinajstić information content (AvgIpc) is 2.45. The fourth-order valence-electron chi connectivity index (χ4n) is 1.41. The molecule has 0 aliphatic heterocycles. The molecule has 1 heterocycles. The first-order valence-corrected chi connectivity index (χ1v) is 5.03. The molecule has 15 heavy (non-hydrogen) atoms. The van der Waals surface area contributed by atoms with E-state index in [2.05, 4.69) is 5.10 Å². The minimum Gasteiger partial charge on any atom is -0.396 e. The molecule has 1 rings (SSSR count). The Bertz CT molecular complexity index is 356. The predicted octanol–water partition coefficient (Wildman–Crippen LogP) is 0.787. The van der Waals surface area contributed by atoms with Crippen LogP contribution >= 0.6 is 0 Å². The lowest BCUT2D eigenvalue weighted by Gasteiger charge is -2.13. The topological polar surface area (TPSA) is 86.9 Å². The van der Waals surface area contributed by atoms with Crippen molar-refractivity contribution >= 4 is 11.6 Å². The Morgan fingerprint density at radius 1 is 1.60 bits per heavy atom. The number of nitrogens with zero attached hydrogens (tertiary/aromatic N) is 2. The molecule has 5 nitrogen and oxygen atoms in total. The molecule has 0 saturated carbocycles. The van der Waals surface area contributed by atoms with Gasteiger partial charge in [-0.2, -0.15) is 5.10 Å². The van der Waals surface area contributed by atoms with E-state index in [9.17, 15) is 4.79 Å². The van der Waals surface area contributed by atoms with Crippen molar-refractivity contribution in [3.63, 3.8) is 0 Å². The summed E-state index contributed by atoms with van der Waals surface area (Å²) in [6.45, 7) is 5.80. The molecule has 0 aliphatic rings. The number of carbonyl (C=O) groups is 1. The first-order chi connectivity index (χ1) is 6.93. The van der Waals surface area contributed by atoms with Crippen LogP contribution in [0.25, 0.3) is 0 Å². The highest BCUT2D eigenvalue weighted by atomic mass is 16.2. The standard InChI is InChI=1S/C10H18N4O/c1-6(2)4-8(11)10(15)14-7(3)9(12)5-13-14/h5-6,8H,4,11-12H2,1-3H3/t8-/m1/s1. The Balaban J connectivity index is 2.81. The fraction of sp³-hybridized carbons (Fsp3) is 0.600. The van der Waals surface area contributed by atoms with Crippen molar-refractivity contribution in [2.45, 2.75) is 33.2 Å². The highest BCUT2D eigenvalue weighted by molar-refractivity contribution is 5.84. The summed E-state index contributed by atoms with van der Waals surface area (Å²) in [6.07, 6.45) is 2.12. The van der Waals surface area contributed by atoms with Crippen molar-refractivity contribution in [3.8, 4) is 0 Å². The quantitative estimate of drug-likeness (QED) is 0.772. The number of hydrogen-bond donors (Lipinski definition) is 2. The summed E-state index contributed by atoms with van der Waals surface area (Å²) < 4.78 is 1.28. The highest BCUT2D eigenvalue weighted by Crippen LogP contribution is 2.11. The van der Waals surface area contributed by atoms with E-state index in [0.717, 1.165) is 0 Å². The number of nitrogens with two attached hydrogens (primary N) is 2. The lowest BCUT2D eigenvalue weighted by molar-refractivity contribution is 0.0849. The Kier molecular flexibility index (Phi) is 3.47. The van der Waals surface area contributed by atoms with Gasteiger partial charge in [0.2, 0.25) is 0 Å². The maximum Gasteiger partial charge on any atom is 0.264 e. The smallest absolute Gasteiger partial charge is 0.264 e. The van der Waals surface area contributed by atoms with Crippen molar-refractivity contribution in [1.82, 2.24) is 9.78 Å². The second-order valence-corrected chi connectivity index (χ2v) is 4.17. The Morgan fingerprint density at radius 2 is 2.20 bits per heavy atom. The number of aromatic nitrogens is 2. The van der Waals surface area contributed by atoms with Gasteiger partial charge in [-0.05, 0) is 19.3 Å². The molecule has 1 atom stereocenters. The van der Waals surface area contributed by atoms with Crippen LogP contribution in [0.4, 0.5) is 5.69 Å². The third-order valence-electron chi connectivity index (χ3n) is 2.30. The SMILES string of the molecule is Cc1c(N)cnn1C(=O)[C@H](N)CC(C)C. The molecule has 4 N–H and O–H groups in total. The van der Waals surface area contributed by atoms with Gasteiger partial charge in [-0.25, -0.2) is 4.68 Å². The lowest BCUT2D eigenvalue weighted by atomic mass is 10.0. The van der Waals surface area contributed by atoms with Gasteiger partial charge in [-0.15, -0.1) is 0 Å². The largest absolute Gasteiger partial charge is 0.396 e. The minimum absolute atomic E-state index is 0.196. The van der Waals surface area contributed by atoms with Crippen LogP contribution in [0.5, 0.6) is 0 Å². The van der Waals surface area contributed by atoms with Crippen LogP contribution < -0.4 is 11.5 Å². The maximum atomic E-state index is 11.8. The number of rotatable bonds is 3. The van der Waals surface area contributed by atoms with Crippen LogP contribution in [-0.4, -0.2) is 21.7 Å². The zero-order valence-electron chi connectivity index (χ0n) is 9.40. The van der Waals surface area contributed by atoms with E-state index in [1.807, 2.05) is 13.8 Å². The van der Waals surface area contributed by atoms with E-state index in [1.54, 1.807) is 6.92 Å². The zero-order chi connectivity index (χ0) is 11.6. The van der Waals surface area contributed by atoms with Crippen molar-refractivity contribution < 1.29 is 4.79 Å². The summed E-state index contributed by atoms with van der Waals surface area (Å²) in [5, 5.41) is 3.91. The van der Waals surface area contributed by atoms with E-state index >= 15 is 0 Å². The third kappa shape index (κ3) is 2.56. The molecule has 5 heteroatoms. The molecule has 0 radical (unpaired) electrons. The molecular formula is C10H18N4O. The van der Waals surface area contributed by atoms with Gasteiger partial charge in [-0.1, -0.05) is 13.8 Å². The van der Waals surface area contributed by atoms with Gasteiger partial charge >= 0.3 is 0 Å². The van der Waals surface area contributed by atoms with Crippen LogP contribution in [0.15, 0.2) is 6.20 Å². The number of anilines is 1. The summed E-state index contributed by atoms with van der Waals surface area (Å²) >= 11 is 0. The van der Waals surface area contributed by atoms with Crippen LogP contribution in [0.1, 0.15) is 30.8 Å². The Hall–Kier alpha value is -1.36. The van der Waals surface area contributed by atoms with Crippen molar-refractivity contribution in [3.05, 3.63) is 11.9 Å². The monoisotopic (exact) mass is 210 g/mol. The van der Waals surface area contributed by atoms with Crippen LogP contribution in [0.3, 0.4) is 0 Å². The van der Waals surface area contributed by atoms with E-state index in [-0.39, 0.29) is 5.91 Å². The van der Waals surface area contributed by atoms with Gasteiger partial charge < -0.3 is 11.5 Å². The van der Waals surface area contributed by atoms with Crippen LogP contribution in [0.2, 0.25) is 0 Å². The molecule has 0 spiro atoms. The van der Waals surface area contributed by atoms with E-state index in [4.69, 9.17) is 11.5 Å². The number of carbonyl (C=O) groups excluding carboxylic acids is 1. The fourth-order valence-corrected chi connectivity index (χ4v) is 1.41. The molecule has 1 aromatic rings. The predicted molar refractivity (Wildman–Crippen MR) is 59.4 cm³/mol. The number of hydrogen-bond acceptors (Lipinski definition) is 4. The Labute approximate surface area is 89.4 Å². The summed E-state index contributed by atoms with van der Waals surface area (Å²) in [5.74, 6) is 0.190. The van der Waals surface area contributed by atoms with Gasteiger partial charge in [0.15, 0.2) is 0 Å². The van der Waals surface area contributed by atoms with Crippen molar-refractivity contribution in [1.29, 1.82) is 0 Å². The van der Waals surface area contributed by atoms with Crippen LogP contribution in [-0.2, 0) is 0 Å². The van der Waals surface area contributed by atoms with Gasteiger partial charge in [0.1, 0.15) is 0 Å². The van der Waals surface area contributed by atoms with E-state index < -0.39 is 6.04 Å². The Morgan fingerprint density at radius 3 is 2.60 bits per heavy atom. The zero-order valence-corrected chi connectivity index (χ0v) is 9.40. The van der Waals surface area contributed by atoms with Gasteiger partial charge in [0.05, 0.1) is 23.6 Å². The van der Waals surface area contributed by atoms with Gasteiger partial charge in [0.25, 0.3) is 5.91 Å². The summed E-state index contributed by atoms with van der Waals surface area (Å²) in [4.78, 5) is 11.8. The summed E-state index contributed by atoms with van der Waals surface area (Å²) in [6, 6.07) is -0.511. The highest BCUT2D eigenvalue weighted by Gasteiger charge is 2.19. The molecule has 0 unspecified atom stereocenters. The molecular weight excluding hydrogens is 192 g/mol. The van der Waals surface area contributed by atoms with Crippen molar-refractivity contribution in [2.75, 3.05) is 5.73 Å². The normalized spacial score (nSPS) is 13.1. The van der Waals surface area contributed by atoms with Crippen LogP contribution in [0, 0.1) is 12.8 Å². The molecule has 0 saturated heterocycles. The first kappa shape index (κ1) is 11.7. The molecule has 0 amide bonds. The molecule has 0 fully saturated rings. The summed E-state index contributed by atoms with van der Waals surface area (Å²) in [5.41, 5.74) is 12.5. The minimum atomic E-state index is -0.511. The molecule has 1 aromatic heterocycles. The van der Waals surface area contributed by atoms with E-state index in [0.29, 0.717) is 23.7 Å². The molecule has 0 bridgehead atoms. The van der Waals surface area contributed by atoms with Gasteiger partial charge in [0, 0.05) is 0 Å². The van der Waals surface area contributed by atoms with Gasteiger partial charge in [-0.3, -0.25) is 4.79 Å². The van der Waals surface area contributed by atoms with E-state index in [1.165, 1.54) is 10.9 Å². The summed E-state index contributed by atoms with van der Waals surface area (Å²) in [7, 11) is 0. The third-order valence-corrected chi connectivity index (χ3v) is 2.30. The average molecular weight is 210 g/mol. The molecule has 84 valence electrons. The molecule has 0 aliphatic carbocycles. The number of nitrogen functional groups attached to an aromatic ring is 1. The molecule has 0 aromatic carbocycles. The van der Waals surface area contributed by atoms with Crippen molar-refractivity contribution in [2.24, 2.45) is 11.7 Å². The first-order valence-electron chi connectivity index (χ1n) is 5.03. The maximum absolute atomic E-state index is 11.8.